The number of phosphoric acid groups is 1. The van der Waals surface area contributed by atoms with Gasteiger partial charge in [-0.1, -0.05) is 0 Å². The van der Waals surface area contributed by atoms with Crippen LogP contribution < -0.4 is 0 Å². The molecule has 0 aliphatic carbocycles. The van der Waals surface area contributed by atoms with Crippen molar-refractivity contribution in [3.63, 3.8) is 0 Å². The van der Waals surface area contributed by atoms with Gasteiger partial charge in [0.2, 0.25) is 0 Å². The minimum absolute atomic E-state index is 0. The average Bonchev–Trinajstić information content (AvgIpc) is 2.16. The van der Waals surface area contributed by atoms with Crippen LogP contribution >= 0.6 is 7.82 Å². The third-order valence-electron chi connectivity index (χ3n) is 2.05. The quantitative estimate of drug-likeness (QED) is 0.226. The molecule has 1 heterocycles. The summed E-state index contributed by atoms with van der Waals surface area (Å²) in [6, 6.07) is 0. The van der Waals surface area contributed by atoms with Gasteiger partial charge in [-0.3, -0.25) is 4.52 Å². The second-order valence-electron chi connectivity index (χ2n) is 3.33. The molecule has 12 heteroatoms. The smallest absolute Gasteiger partial charge is 0.472 e. The molecule has 0 bridgehead atoms. The molecule has 1 fully saturated rings. The fraction of sp³-hybridized carbons (Fsp3) is 0.833. The van der Waals surface area contributed by atoms with Crippen molar-refractivity contribution >= 4 is 32.7 Å². The number of hydrogen-bond acceptors (Lipinski definition) is 7. The number of rotatable bonds is 3. The first kappa shape index (κ1) is 18.0. The van der Waals surface area contributed by atoms with Crippen LogP contribution in [0.4, 0.5) is 0 Å². The van der Waals surface area contributed by atoms with Gasteiger partial charge < -0.3 is 34.9 Å². The number of carbonyl (C=O) groups is 1. The van der Waals surface area contributed by atoms with E-state index in [4.69, 9.17) is 14.9 Å². The molecule has 1 aliphatic rings. The van der Waals surface area contributed by atoms with Crippen LogP contribution in [0.1, 0.15) is 0 Å². The molecule has 1 aliphatic heterocycles. The number of aliphatic hydroxyl groups is 3. The second-order valence-corrected chi connectivity index (χ2v) is 4.52. The van der Waals surface area contributed by atoms with Gasteiger partial charge in [-0.15, -0.1) is 0 Å². The SMILES string of the molecule is O=C(O)C1OC(OP(=O)(O)O)C(O)C(O)C1O.[Li]. The monoisotopic (exact) mass is 281 g/mol. The van der Waals surface area contributed by atoms with E-state index in [-0.39, 0.29) is 18.9 Å². The Bertz CT molecular complexity index is 343. The van der Waals surface area contributed by atoms with Crippen LogP contribution in [0.2, 0.25) is 0 Å². The van der Waals surface area contributed by atoms with Crippen molar-refractivity contribution in [2.75, 3.05) is 0 Å². The Balaban J connectivity index is 0.00000289. The maximum Gasteiger partial charge on any atom is 0.472 e. The molecule has 0 amide bonds. The molecular weight excluding hydrogens is 270 g/mol. The summed E-state index contributed by atoms with van der Waals surface area (Å²) in [5, 5.41) is 36.4. The number of ether oxygens (including phenoxy) is 1. The first-order chi connectivity index (χ1) is 7.63. The number of phosphoric ester groups is 1. The Kier molecular flexibility index (Phi) is 6.46. The van der Waals surface area contributed by atoms with Crippen LogP contribution in [0.5, 0.6) is 0 Å². The number of aliphatic hydroxyl groups excluding tert-OH is 3. The molecule has 5 unspecified atom stereocenters. The molecule has 0 aromatic rings. The van der Waals surface area contributed by atoms with Crippen LogP contribution in [-0.4, -0.2) is 85.7 Å². The Morgan fingerprint density at radius 2 is 1.61 bits per heavy atom. The molecule has 1 radical (unpaired) electrons. The van der Waals surface area contributed by atoms with Gasteiger partial charge >= 0.3 is 13.8 Å². The van der Waals surface area contributed by atoms with E-state index >= 15 is 0 Å². The minimum Gasteiger partial charge on any atom is -0.479 e. The Hall–Kier alpha value is 0.0174. The summed E-state index contributed by atoms with van der Waals surface area (Å²) in [6.45, 7) is 0. The first-order valence-corrected chi connectivity index (χ1v) is 5.83. The van der Waals surface area contributed by atoms with Crippen molar-refractivity contribution < 1.29 is 48.8 Å². The third-order valence-corrected chi connectivity index (χ3v) is 2.54. The van der Waals surface area contributed by atoms with Crippen molar-refractivity contribution in [3.8, 4) is 0 Å². The zero-order valence-corrected chi connectivity index (χ0v) is 10.0. The molecule has 6 N–H and O–H groups in total. The fourth-order valence-corrected chi connectivity index (χ4v) is 1.72. The maximum atomic E-state index is 10.6. The molecule has 18 heavy (non-hydrogen) atoms. The standard InChI is InChI=1S/C6H11O10P.Li/c7-1-2(8)4(5(10)11)15-6(3(1)9)16-17(12,13)14;/h1-4,6-9H,(H,10,11)(H2,12,13,14);. The maximum absolute atomic E-state index is 10.6. The Morgan fingerprint density at radius 1 is 1.11 bits per heavy atom. The molecule has 10 nitrogen and oxygen atoms in total. The number of aliphatic carboxylic acids is 1. The van der Waals surface area contributed by atoms with E-state index in [0.29, 0.717) is 0 Å². The number of carboxylic acids is 1. The summed E-state index contributed by atoms with van der Waals surface area (Å²) < 4.78 is 18.9. The fourth-order valence-electron chi connectivity index (χ4n) is 1.27. The van der Waals surface area contributed by atoms with Gasteiger partial charge in [0.15, 0.2) is 12.4 Å². The molecule has 0 aromatic heterocycles. The third kappa shape index (κ3) is 4.29. The van der Waals surface area contributed by atoms with Gasteiger partial charge in [0.1, 0.15) is 18.3 Å². The summed E-state index contributed by atoms with van der Waals surface area (Å²) in [4.78, 5) is 27.5. The van der Waals surface area contributed by atoms with E-state index in [9.17, 15) is 24.7 Å². The topological polar surface area (TPSA) is 174 Å². The van der Waals surface area contributed by atoms with E-state index in [1.807, 2.05) is 0 Å². The van der Waals surface area contributed by atoms with E-state index < -0.39 is 44.5 Å². The van der Waals surface area contributed by atoms with Crippen molar-refractivity contribution in [3.05, 3.63) is 0 Å². The van der Waals surface area contributed by atoms with Crippen molar-refractivity contribution in [1.82, 2.24) is 0 Å². The second kappa shape index (κ2) is 6.45. The van der Waals surface area contributed by atoms with E-state index in [1.54, 1.807) is 0 Å². The minimum atomic E-state index is -5.05. The van der Waals surface area contributed by atoms with Crippen LogP contribution in [0.15, 0.2) is 0 Å². The summed E-state index contributed by atoms with van der Waals surface area (Å²) in [5.74, 6) is -1.68. The zero-order chi connectivity index (χ0) is 13.4. The molecule has 0 saturated carbocycles. The summed E-state index contributed by atoms with van der Waals surface area (Å²) >= 11 is 0. The summed E-state index contributed by atoms with van der Waals surface area (Å²) in [7, 11) is -5.05. The molecular formula is C6H11LiO10P. The number of carboxylic acid groups (broad SMARTS) is 1. The predicted molar refractivity (Wildman–Crippen MR) is 53.2 cm³/mol. The van der Waals surface area contributed by atoms with Gasteiger partial charge in [-0.05, 0) is 0 Å². The van der Waals surface area contributed by atoms with E-state index in [0.717, 1.165) is 0 Å². The van der Waals surface area contributed by atoms with E-state index in [2.05, 4.69) is 9.26 Å². The number of hydrogen-bond donors (Lipinski definition) is 6. The zero-order valence-electron chi connectivity index (χ0n) is 9.15. The molecule has 1 rings (SSSR count). The predicted octanol–water partition coefficient (Wildman–Crippen LogP) is -3.39. The largest absolute Gasteiger partial charge is 0.479 e. The Morgan fingerprint density at radius 3 is 2.00 bits per heavy atom. The van der Waals surface area contributed by atoms with Crippen LogP contribution in [0.3, 0.4) is 0 Å². The van der Waals surface area contributed by atoms with Crippen LogP contribution in [0.25, 0.3) is 0 Å². The van der Waals surface area contributed by atoms with Gasteiger partial charge in [0.05, 0.1) is 0 Å². The van der Waals surface area contributed by atoms with Crippen LogP contribution in [-0.2, 0) is 18.6 Å². The normalized spacial score (nSPS) is 36.8. The molecule has 0 spiro atoms. The van der Waals surface area contributed by atoms with Crippen LogP contribution in [0, 0.1) is 0 Å². The first-order valence-electron chi connectivity index (χ1n) is 4.30. The molecule has 101 valence electrons. The van der Waals surface area contributed by atoms with Crippen molar-refractivity contribution in [1.29, 1.82) is 0 Å². The van der Waals surface area contributed by atoms with Crippen molar-refractivity contribution in [2.24, 2.45) is 0 Å². The average molecular weight is 281 g/mol. The van der Waals surface area contributed by atoms with Gasteiger partial charge in [-0.25, -0.2) is 9.36 Å². The van der Waals surface area contributed by atoms with E-state index in [1.165, 1.54) is 0 Å². The molecule has 5 atom stereocenters. The molecule has 0 aromatic carbocycles. The van der Waals surface area contributed by atoms with Crippen molar-refractivity contribution in [2.45, 2.75) is 30.7 Å². The Labute approximate surface area is 113 Å². The summed E-state index contributed by atoms with van der Waals surface area (Å²) in [5.41, 5.74) is 0. The molecule has 1 saturated heterocycles. The van der Waals surface area contributed by atoms with Gasteiger partial charge in [0.25, 0.3) is 0 Å². The van der Waals surface area contributed by atoms with Gasteiger partial charge in [0, 0.05) is 18.9 Å². The van der Waals surface area contributed by atoms with Gasteiger partial charge in [-0.2, -0.15) is 0 Å². The summed E-state index contributed by atoms with van der Waals surface area (Å²) in [6.07, 6.45) is -9.94.